The maximum Gasteiger partial charge on any atom is 0.262 e. The minimum Gasteiger partial charge on any atom is -0.484 e. The summed E-state index contributed by atoms with van der Waals surface area (Å²) in [4.78, 5) is 16.9. The number of rotatable bonds is 5. The van der Waals surface area contributed by atoms with Crippen molar-refractivity contribution in [3.8, 4) is 17.0 Å². The summed E-state index contributed by atoms with van der Waals surface area (Å²) < 4.78 is 7.54. The second kappa shape index (κ2) is 7.56. The smallest absolute Gasteiger partial charge is 0.262 e. The molecule has 28 heavy (non-hydrogen) atoms. The van der Waals surface area contributed by atoms with Crippen molar-refractivity contribution >= 4 is 17.2 Å². The van der Waals surface area contributed by atoms with Crippen molar-refractivity contribution in [3.05, 3.63) is 84.2 Å². The highest BCUT2D eigenvalue weighted by Gasteiger charge is 2.08. The van der Waals surface area contributed by atoms with E-state index in [1.54, 1.807) is 0 Å². The van der Waals surface area contributed by atoms with E-state index in [1.165, 1.54) is 0 Å². The lowest BCUT2D eigenvalue weighted by atomic mass is 10.1. The van der Waals surface area contributed by atoms with Gasteiger partial charge < -0.3 is 14.5 Å². The van der Waals surface area contributed by atoms with Gasteiger partial charge in [-0.3, -0.25) is 4.79 Å². The van der Waals surface area contributed by atoms with Crippen LogP contribution in [0.5, 0.6) is 5.75 Å². The second-order valence-corrected chi connectivity index (χ2v) is 6.78. The number of benzene rings is 2. The molecule has 2 aromatic carbocycles. The Morgan fingerprint density at radius 1 is 1.07 bits per heavy atom. The Balaban J connectivity index is 1.46. The van der Waals surface area contributed by atoms with Gasteiger partial charge in [-0.1, -0.05) is 35.9 Å². The molecule has 2 aromatic heterocycles. The Morgan fingerprint density at radius 2 is 1.89 bits per heavy atom. The monoisotopic (exact) mass is 371 g/mol. The Kier molecular flexibility index (Phi) is 4.81. The number of nitrogens with one attached hydrogen (secondary N) is 1. The van der Waals surface area contributed by atoms with E-state index in [9.17, 15) is 4.79 Å². The predicted molar refractivity (Wildman–Crippen MR) is 111 cm³/mol. The summed E-state index contributed by atoms with van der Waals surface area (Å²) in [7, 11) is 0. The fraction of sp³-hybridized carbons (Fsp3) is 0.130. The molecule has 5 heteroatoms. The number of carbonyl (C=O) groups is 1. The lowest BCUT2D eigenvalue weighted by Crippen LogP contribution is -2.20. The van der Waals surface area contributed by atoms with Gasteiger partial charge in [0.25, 0.3) is 5.91 Å². The van der Waals surface area contributed by atoms with E-state index in [0.717, 1.165) is 28.0 Å². The number of fused-ring (bicyclic) bond motifs is 1. The number of anilines is 1. The summed E-state index contributed by atoms with van der Waals surface area (Å²) in [5.41, 5.74) is 5.71. The largest absolute Gasteiger partial charge is 0.484 e. The van der Waals surface area contributed by atoms with Crippen molar-refractivity contribution in [1.29, 1.82) is 0 Å². The normalized spacial score (nSPS) is 10.8. The molecule has 4 aromatic rings. The molecule has 5 nitrogen and oxygen atoms in total. The molecule has 0 aliphatic rings. The molecule has 0 spiro atoms. The molecule has 2 heterocycles. The first-order chi connectivity index (χ1) is 13.6. The molecule has 0 unspecified atom stereocenters. The van der Waals surface area contributed by atoms with E-state index in [2.05, 4.69) is 5.32 Å². The zero-order chi connectivity index (χ0) is 19.5. The Morgan fingerprint density at radius 3 is 2.68 bits per heavy atom. The number of ether oxygens (including phenoxy) is 1. The van der Waals surface area contributed by atoms with Crippen LogP contribution in [0.3, 0.4) is 0 Å². The van der Waals surface area contributed by atoms with Gasteiger partial charge in [0.1, 0.15) is 11.4 Å². The molecule has 0 aliphatic heterocycles. The van der Waals surface area contributed by atoms with Crippen molar-refractivity contribution in [2.75, 3.05) is 11.9 Å². The van der Waals surface area contributed by atoms with Crippen LogP contribution < -0.4 is 10.1 Å². The third kappa shape index (κ3) is 3.88. The second-order valence-electron chi connectivity index (χ2n) is 6.78. The van der Waals surface area contributed by atoms with E-state index >= 15 is 0 Å². The van der Waals surface area contributed by atoms with Crippen LogP contribution >= 0.6 is 0 Å². The highest BCUT2D eigenvalue weighted by Crippen LogP contribution is 2.23. The first-order valence-corrected chi connectivity index (χ1v) is 9.12. The van der Waals surface area contributed by atoms with Crippen molar-refractivity contribution < 1.29 is 9.53 Å². The van der Waals surface area contributed by atoms with Crippen LogP contribution in [0.4, 0.5) is 5.69 Å². The molecule has 0 saturated carbocycles. The molecule has 1 N–H and O–H groups in total. The maximum absolute atomic E-state index is 12.2. The summed E-state index contributed by atoms with van der Waals surface area (Å²) in [6, 6.07) is 19.3. The summed E-state index contributed by atoms with van der Waals surface area (Å²) in [6.07, 6.45) is 3.97. The summed E-state index contributed by atoms with van der Waals surface area (Å²) in [5, 5.41) is 2.88. The highest BCUT2D eigenvalue weighted by atomic mass is 16.5. The van der Waals surface area contributed by atoms with Crippen LogP contribution in [0.25, 0.3) is 16.9 Å². The Hall–Kier alpha value is -3.60. The lowest BCUT2D eigenvalue weighted by molar-refractivity contribution is -0.118. The van der Waals surface area contributed by atoms with Gasteiger partial charge >= 0.3 is 0 Å². The summed E-state index contributed by atoms with van der Waals surface area (Å²) in [6.45, 7) is 4.01. The fourth-order valence-corrected chi connectivity index (χ4v) is 3.03. The number of amides is 1. The van der Waals surface area contributed by atoms with E-state index in [1.807, 2.05) is 91.3 Å². The first-order valence-electron chi connectivity index (χ1n) is 9.12. The minimum atomic E-state index is -0.205. The van der Waals surface area contributed by atoms with E-state index < -0.39 is 0 Å². The molecular weight excluding hydrogens is 350 g/mol. The van der Waals surface area contributed by atoms with Crippen molar-refractivity contribution in [3.63, 3.8) is 0 Å². The van der Waals surface area contributed by atoms with E-state index in [4.69, 9.17) is 9.72 Å². The molecule has 0 atom stereocenters. The molecule has 140 valence electrons. The number of hydrogen-bond donors (Lipinski definition) is 1. The minimum absolute atomic E-state index is 0.0408. The predicted octanol–water partition coefficient (Wildman–Crippen LogP) is 4.64. The average Bonchev–Trinajstić information content (AvgIpc) is 3.14. The third-order valence-electron chi connectivity index (χ3n) is 4.51. The zero-order valence-corrected chi connectivity index (χ0v) is 15.8. The standard InChI is InChI=1S/C23H21N3O2/c1-16-8-10-20(11-9-16)28-15-22(27)24-19-7-3-6-18(13-19)21-14-26-12-4-5-17(2)23(26)25-21/h3-14H,15H2,1-2H3,(H,24,27). The topological polar surface area (TPSA) is 55.6 Å². The molecule has 4 rings (SSSR count). The SMILES string of the molecule is Cc1ccc(OCC(=O)Nc2cccc(-c3cn4cccc(C)c4n3)c2)cc1. The van der Waals surface area contributed by atoms with Crippen LogP contribution in [-0.2, 0) is 4.79 Å². The van der Waals surface area contributed by atoms with Crippen molar-refractivity contribution in [2.45, 2.75) is 13.8 Å². The number of imidazole rings is 1. The van der Waals surface area contributed by atoms with Gasteiger partial charge in [0.2, 0.25) is 0 Å². The van der Waals surface area contributed by atoms with E-state index in [-0.39, 0.29) is 12.5 Å². The number of pyridine rings is 1. The fourth-order valence-electron chi connectivity index (χ4n) is 3.03. The molecule has 0 radical (unpaired) electrons. The van der Waals surface area contributed by atoms with Crippen molar-refractivity contribution in [1.82, 2.24) is 9.38 Å². The number of aryl methyl sites for hydroxylation is 2. The van der Waals surface area contributed by atoms with Crippen LogP contribution in [0.15, 0.2) is 73.1 Å². The highest BCUT2D eigenvalue weighted by molar-refractivity contribution is 5.92. The zero-order valence-electron chi connectivity index (χ0n) is 15.8. The molecular formula is C23H21N3O2. The quantitative estimate of drug-likeness (QED) is 0.556. The van der Waals surface area contributed by atoms with Gasteiger partial charge in [0.15, 0.2) is 6.61 Å². The summed E-state index contributed by atoms with van der Waals surface area (Å²) in [5.74, 6) is 0.471. The van der Waals surface area contributed by atoms with Crippen LogP contribution in [0.1, 0.15) is 11.1 Å². The number of hydrogen-bond acceptors (Lipinski definition) is 3. The Labute approximate surface area is 163 Å². The van der Waals surface area contributed by atoms with Crippen LogP contribution in [0, 0.1) is 13.8 Å². The van der Waals surface area contributed by atoms with Crippen molar-refractivity contribution in [2.24, 2.45) is 0 Å². The summed E-state index contributed by atoms with van der Waals surface area (Å²) >= 11 is 0. The van der Waals surface area contributed by atoms with Gasteiger partial charge in [0, 0.05) is 23.6 Å². The van der Waals surface area contributed by atoms with Gasteiger partial charge in [-0.25, -0.2) is 4.98 Å². The number of nitrogens with zero attached hydrogens (tertiary/aromatic N) is 2. The number of aromatic nitrogens is 2. The van der Waals surface area contributed by atoms with Gasteiger partial charge in [-0.05, 0) is 49.7 Å². The van der Waals surface area contributed by atoms with Gasteiger partial charge in [0.05, 0.1) is 5.69 Å². The van der Waals surface area contributed by atoms with Gasteiger partial charge in [-0.15, -0.1) is 0 Å². The first kappa shape index (κ1) is 17.8. The average molecular weight is 371 g/mol. The van der Waals surface area contributed by atoms with E-state index in [0.29, 0.717) is 11.4 Å². The third-order valence-corrected chi connectivity index (χ3v) is 4.51. The lowest BCUT2D eigenvalue weighted by Gasteiger charge is -2.08. The molecule has 0 aliphatic carbocycles. The van der Waals surface area contributed by atoms with Crippen LogP contribution in [0.2, 0.25) is 0 Å². The number of carbonyl (C=O) groups excluding carboxylic acids is 1. The maximum atomic E-state index is 12.2. The van der Waals surface area contributed by atoms with Gasteiger partial charge in [-0.2, -0.15) is 0 Å². The molecule has 0 saturated heterocycles. The van der Waals surface area contributed by atoms with Crippen LogP contribution in [-0.4, -0.2) is 21.9 Å². The molecule has 0 bridgehead atoms. The molecule has 0 fully saturated rings. The molecule has 1 amide bonds. The Bertz CT molecular complexity index is 1130.